The molecule has 0 saturated carbocycles. The molecule has 0 bridgehead atoms. The monoisotopic (exact) mass is 429 g/mol. The minimum Gasteiger partial charge on any atom is -0.493 e. The summed E-state index contributed by atoms with van der Waals surface area (Å²) in [6.07, 6.45) is 0. The van der Waals surface area contributed by atoms with Crippen LogP contribution < -0.4 is 19.5 Å². The maximum Gasteiger partial charge on any atom is 0.374 e. The van der Waals surface area contributed by atoms with Crippen molar-refractivity contribution in [2.24, 2.45) is 0 Å². The van der Waals surface area contributed by atoms with E-state index in [1.807, 2.05) is 0 Å². The van der Waals surface area contributed by atoms with Crippen molar-refractivity contribution in [1.29, 1.82) is 0 Å². The van der Waals surface area contributed by atoms with E-state index < -0.39 is 18.5 Å². The second-order valence-electron chi connectivity index (χ2n) is 6.21. The summed E-state index contributed by atoms with van der Waals surface area (Å²) in [4.78, 5) is 24.4. The lowest BCUT2D eigenvalue weighted by atomic mass is 10.2. The molecule has 1 N–H and O–H groups in total. The first kappa shape index (κ1) is 21.7. The van der Waals surface area contributed by atoms with E-state index in [0.717, 1.165) is 0 Å². The van der Waals surface area contributed by atoms with E-state index >= 15 is 0 Å². The van der Waals surface area contributed by atoms with Crippen LogP contribution >= 0.6 is 0 Å². The number of carbonyl (C=O) groups is 2. The Kier molecular flexibility index (Phi) is 6.76. The van der Waals surface area contributed by atoms with Crippen LogP contribution in [0, 0.1) is 5.82 Å². The van der Waals surface area contributed by atoms with Gasteiger partial charge < -0.3 is 28.7 Å². The standard InChI is InChI=1S/C22H20FNO7/c1-27-18-10-15(11-19(28-2)21(18)29-3)24-20(25)12-30-22(26)17-9-8-16(31-17)13-4-6-14(23)7-5-13/h4-11H,12H2,1-3H3,(H,24,25). The first-order valence-corrected chi connectivity index (χ1v) is 9.08. The van der Waals surface area contributed by atoms with Crippen LogP contribution in [-0.4, -0.2) is 39.8 Å². The van der Waals surface area contributed by atoms with E-state index in [4.69, 9.17) is 23.4 Å². The molecule has 9 heteroatoms. The molecule has 0 unspecified atom stereocenters. The van der Waals surface area contributed by atoms with Crippen molar-refractivity contribution in [2.45, 2.75) is 0 Å². The summed E-state index contributed by atoms with van der Waals surface area (Å²) in [7, 11) is 4.37. The quantitative estimate of drug-likeness (QED) is 0.543. The first-order chi connectivity index (χ1) is 14.9. The molecule has 0 aliphatic carbocycles. The highest BCUT2D eigenvalue weighted by Gasteiger charge is 2.17. The molecular formula is C22H20FNO7. The van der Waals surface area contributed by atoms with Gasteiger partial charge in [-0.1, -0.05) is 0 Å². The molecule has 1 heterocycles. The molecule has 0 aliphatic heterocycles. The molecule has 0 spiro atoms. The number of hydrogen-bond donors (Lipinski definition) is 1. The van der Waals surface area contributed by atoms with Crippen LogP contribution in [0.5, 0.6) is 17.2 Å². The van der Waals surface area contributed by atoms with E-state index in [2.05, 4.69) is 5.32 Å². The van der Waals surface area contributed by atoms with Crippen LogP contribution in [-0.2, 0) is 9.53 Å². The minimum absolute atomic E-state index is 0.0834. The molecule has 0 aliphatic rings. The Morgan fingerprint density at radius 3 is 2.16 bits per heavy atom. The van der Waals surface area contributed by atoms with Crippen LogP contribution in [0.3, 0.4) is 0 Å². The highest BCUT2D eigenvalue weighted by molar-refractivity contribution is 5.95. The highest BCUT2D eigenvalue weighted by Crippen LogP contribution is 2.39. The summed E-state index contributed by atoms with van der Waals surface area (Å²) in [5.41, 5.74) is 0.965. The van der Waals surface area contributed by atoms with Gasteiger partial charge in [0.2, 0.25) is 11.5 Å². The summed E-state index contributed by atoms with van der Waals surface area (Å²) in [6, 6.07) is 11.7. The lowest BCUT2D eigenvalue weighted by Crippen LogP contribution is -2.20. The lowest BCUT2D eigenvalue weighted by Gasteiger charge is -2.14. The Labute approximate surface area is 177 Å². The Morgan fingerprint density at radius 1 is 0.935 bits per heavy atom. The SMILES string of the molecule is COc1cc(NC(=O)COC(=O)c2ccc(-c3ccc(F)cc3)o2)cc(OC)c1OC. The van der Waals surface area contributed by atoms with Crippen LogP contribution in [0.2, 0.25) is 0 Å². The number of anilines is 1. The van der Waals surface area contributed by atoms with Gasteiger partial charge in [0.25, 0.3) is 5.91 Å². The molecule has 31 heavy (non-hydrogen) atoms. The number of rotatable bonds is 8. The summed E-state index contributed by atoms with van der Waals surface area (Å²) in [5, 5.41) is 2.59. The Balaban J connectivity index is 1.61. The number of methoxy groups -OCH3 is 3. The predicted octanol–water partition coefficient (Wildman–Crippen LogP) is 3.91. The first-order valence-electron chi connectivity index (χ1n) is 9.08. The molecule has 0 saturated heterocycles. The number of esters is 1. The lowest BCUT2D eigenvalue weighted by molar-refractivity contribution is -0.119. The highest BCUT2D eigenvalue weighted by atomic mass is 19.1. The zero-order chi connectivity index (χ0) is 22.4. The minimum atomic E-state index is -0.812. The van der Waals surface area contributed by atoms with Crippen molar-refractivity contribution in [3.8, 4) is 28.6 Å². The topological polar surface area (TPSA) is 96.2 Å². The smallest absolute Gasteiger partial charge is 0.374 e. The zero-order valence-corrected chi connectivity index (χ0v) is 17.1. The van der Waals surface area contributed by atoms with Crippen molar-refractivity contribution < 1.29 is 37.3 Å². The van der Waals surface area contributed by atoms with E-state index in [0.29, 0.717) is 34.3 Å². The van der Waals surface area contributed by atoms with Gasteiger partial charge >= 0.3 is 5.97 Å². The molecule has 162 valence electrons. The Bertz CT molecular complexity index is 1050. The summed E-state index contributed by atoms with van der Waals surface area (Å²) < 4.78 is 39.1. The number of halogens is 1. The molecular weight excluding hydrogens is 409 g/mol. The third kappa shape index (κ3) is 5.13. The van der Waals surface area contributed by atoms with Crippen molar-refractivity contribution in [3.63, 3.8) is 0 Å². The molecule has 0 fully saturated rings. The van der Waals surface area contributed by atoms with Gasteiger partial charge in [0.15, 0.2) is 18.1 Å². The average molecular weight is 429 g/mol. The normalized spacial score (nSPS) is 10.3. The van der Waals surface area contributed by atoms with Crippen molar-refractivity contribution in [1.82, 2.24) is 0 Å². The second-order valence-corrected chi connectivity index (χ2v) is 6.21. The molecule has 1 amide bonds. The van der Waals surface area contributed by atoms with Crippen LogP contribution in [0.1, 0.15) is 10.6 Å². The Morgan fingerprint density at radius 2 is 1.58 bits per heavy atom. The molecule has 3 aromatic rings. The fraction of sp³-hybridized carbons (Fsp3) is 0.182. The maximum absolute atomic E-state index is 13.0. The van der Waals surface area contributed by atoms with Crippen LogP contribution in [0.4, 0.5) is 10.1 Å². The van der Waals surface area contributed by atoms with Gasteiger partial charge in [-0.15, -0.1) is 0 Å². The van der Waals surface area contributed by atoms with Gasteiger partial charge in [-0.3, -0.25) is 4.79 Å². The number of hydrogen-bond acceptors (Lipinski definition) is 7. The van der Waals surface area contributed by atoms with E-state index in [-0.39, 0.29) is 11.6 Å². The van der Waals surface area contributed by atoms with Gasteiger partial charge in [0.1, 0.15) is 11.6 Å². The Hall–Kier alpha value is -4.01. The van der Waals surface area contributed by atoms with Gasteiger partial charge in [-0.05, 0) is 36.4 Å². The maximum atomic E-state index is 13.0. The number of ether oxygens (including phenoxy) is 4. The van der Waals surface area contributed by atoms with E-state index in [1.54, 1.807) is 18.2 Å². The van der Waals surface area contributed by atoms with Gasteiger partial charge in [-0.25, -0.2) is 9.18 Å². The van der Waals surface area contributed by atoms with Gasteiger partial charge in [0.05, 0.1) is 21.3 Å². The number of carbonyl (C=O) groups excluding carboxylic acids is 2. The number of benzene rings is 2. The number of amides is 1. The van der Waals surface area contributed by atoms with E-state index in [9.17, 15) is 14.0 Å². The van der Waals surface area contributed by atoms with Gasteiger partial charge in [-0.2, -0.15) is 0 Å². The van der Waals surface area contributed by atoms with E-state index in [1.165, 1.54) is 51.7 Å². The van der Waals surface area contributed by atoms with Gasteiger partial charge in [0, 0.05) is 23.4 Å². The van der Waals surface area contributed by atoms with Crippen molar-refractivity contribution in [3.05, 3.63) is 60.1 Å². The van der Waals surface area contributed by atoms with Crippen LogP contribution in [0.15, 0.2) is 52.9 Å². The molecule has 0 radical (unpaired) electrons. The summed E-state index contributed by atoms with van der Waals surface area (Å²) in [6.45, 7) is -0.540. The van der Waals surface area contributed by atoms with Crippen molar-refractivity contribution in [2.75, 3.05) is 33.3 Å². The number of nitrogens with one attached hydrogen (secondary N) is 1. The largest absolute Gasteiger partial charge is 0.493 e. The summed E-state index contributed by atoms with van der Waals surface area (Å²) >= 11 is 0. The second kappa shape index (κ2) is 9.66. The number of furan rings is 1. The molecule has 8 nitrogen and oxygen atoms in total. The van der Waals surface area contributed by atoms with Crippen molar-refractivity contribution >= 4 is 17.6 Å². The molecule has 2 aromatic carbocycles. The van der Waals surface area contributed by atoms with Crippen LogP contribution in [0.25, 0.3) is 11.3 Å². The third-order valence-corrected chi connectivity index (χ3v) is 4.22. The predicted molar refractivity (Wildman–Crippen MR) is 109 cm³/mol. The fourth-order valence-electron chi connectivity index (χ4n) is 2.77. The average Bonchev–Trinajstić information content (AvgIpc) is 3.27. The third-order valence-electron chi connectivity index (χ3n) is 4.22. The molecule has 1 aromatic heterocycles. The fourth-order valence-corrected chi connectivity index (χ4v) is 2.77. The molecule has 0 atom stereocenters. The molecule has 3 rings (SSSR count). The zero-order valence-electron chi connectivity index (χ0n) is 17.1. The summed E-state index contributed by atoms with van der Waals surface area (Å²) in [5.74, 6) is -0.386.